The third-order valence-electron chi connectivity index (χ3n) is 2.86. The molecule has 1 aromatic carbocycles. The molecule has 2 N–H and O–H groups in total. The highest BCUT2D eigenvalue weighted by molar-refractivity contribution is 8.02. The number of carbonyl (C=O) groups excluding carboxylic acids is 1. The molecule has 0 aliphatic heterocycles. The van der Waals surface area contributed by atoms with Crippen LogP contribution in [0.1, 0.15) is 19.4 Å². The van der Waals surface area contributed by atoms with E-state index in [9.17, 15) is 18.0 Å². The van der Waals surface area contributed by atoms with Crippen LogP contribution in [0.25, 0.3) is 0 Å². The number of nitrogens with zero attached hydrogens (tertiary/aromatic N) is 2. The van der Waals surface area contributed by atoms with Gasteiger partial charge >= 0.3 is 6.18 Å². The molecular weight excluding hydrogens is 361 g/mol. The lowest BCUT2D eigenvalue weighted by Gasteiger charge is -2.11. The van der Waals surface area contributed by atoms with Crippen molar-refractivity contribution in [3.63, 3.8) is 0 Å². The molecule has 0 aliphatic carbocycles. The summed E-state index contributed by atoms with van der Waals surface area (Å²) < 4.78 is 38.1. The molecule has 10 heteroatoms. The number of thioether (sulfide) groups is 1. The van der Waals surface area contributed by atoms with Crippen molar-refractivity contribution in [2.75, 3.05) is 17.2 Å². The average Bonchev–Trinajstić information content (AvgIpc) is 2.94. The Labute approximate surface area is 145 Å². The minimum absolute atomic E-state index is 0.311. The van der Waals surface area contributed by atoms with E-state index in [-0.39, 0.29) is 5.91 Å². The van der Waals surface area contributed by atoms with E-state index in [1.165, 1.54) is 35.2 Å². The molecule has 0 unspecified atom stereocenters. The Bertz CT molecular complexity index is 688. The fraction of sp³-hybridized carbons (Fsp3) is 0.357. The first-order valence-corrected chi connectivity index (χ1v) is 8.71. The van der Waals surface area contributed by atoms with E-state index in [1.807, 2.05) is 6.92 Å². The van der Waals surface area contributed by atoms with Crippen molar-refractivity contribution >= 4 is 39.8 Å². The van der Waals surface area contributed by atoms with Crippen molar-refractivity contribution in [2.24, 2.45) is 0 Å². The highest BCUT2D eigenvalue weighted by Gasteiger charge is 2.30. The molecule has 2 rings (SSSR count). The Morgan fingerprint density at radius 2 is 1.96 bits per heavy atom. The van der Waals surface area contributed by atoms with Crippen LogP contribution in [0.2, 0.25) is 0 Å². The van der Waals surface area contributed by atoms with Crippen molar-refractivity contribution in [3.05, 3.63) is 29.8 Å². The van der Waals surface area contributed by atoms with Gasteiger partial charge in [-0.05, 0) is 38.1 Å². The molecule has 1 heterocycles. The molecule has 5 nitrogen and oxygen atoms in total. The van der Waals surface area contributed by atoms with Crippen LogP contribution < -0.4 is 10.6 Å². The highest BCUT2D eigenvalue weighted by Crippen LogP contribution is 2.31. The molecule has 1 atom stereocenters. The van der Waals surface area contributed by atoms with Crippen LogP contribution >= 0.6 is 23.1 Å². The summed E-state index contributed by atoms with van der Waals surface area (Å²) in [7, 11) is 0. The second kappa shape index (κ2) is 7.84. The minimum Gasteiger partial charge on any atom is -0.360 e. The van der Waals surface area contributed by atoms with E-state index >= 15 is 0 Å². The Hall–Kier alpha value is -1.81. The maximum atomic E-state index is 12.5. The van der Waals surface area contributed by atoms with Gasteiger partial charge in [0.05, 0.1) is 10.8 Å². The first-order chi connectivity index (χ1) is 11.3. The van der Waals surface area contributed by atoms with E-state index in [1.54, 1.807) is 6.92 Å². The van der Waals surface area contributed by atoms with E-state index in [0.29, 0.717) is 15.2 Å². The quantitative estimate of drug-likeness (QED) is 0.743. The van der Waals surface area contributed by atoms with Crippen molar-refractivity contribution in [3.8, 4) is 0 Å². The van der Waals surface area contributed by atoms with Crippen LogP contribution in [0.4, 0.5) is 24.0 Å². The molecule has 0 bridgehead atoms. The molecule has 0 spiro atoms. The van der Waals surface area contributed by atoms with Crippen LogP contribution in [-0.4, -0.2) is 27.9 Å². The van der Waals surface area contributed by atoms with E-state index in [0.717, 1.165) is 18.7 Å². The van der Waals surface area contributed by atoms with Gasteiger partial charge in [-0.1, -0.05) is 23.1 Å². The fourth-order valence-corrected chi connectivity index (χ4v) is 3.64. The topological polar surface area (TPSA) is 66.9 Å². The van der Waals surface area contributed by atoms with Crippen LogP contribution in [0.15, 0.2) is 28.6 Å². The molecule has 24 heavy (non-hydrogen) atoms. The molecule has 1 amide bonds. The molecule has 2 aromatic rings. The van der Waals surface area contributed by atoms with Gasteiger partial charge < -0.3 is 10.6 Å². The van der Waals surface area contributed by atoms with E-state index in [4.69, 9.17) is 0 Å². The largest absolute Gasteiger partial charge is 0.416 e. The summed E-state index contributed by atoms with van der Waals surface area (Å²) in [5, 5.41) is 13.7. The molecular formula is C14H15F3N4OS2. The molecule has 0 saturated carbocycles. The van der Waals surface area contributed by atoms with Gasteiger partial charge in [-0.15, -0.1) is 10.2 Å². The predicted molar refractivity (Wildman–Crippen MR) is 89.5 cm³/mol. The van der Waals surface area contributed by atoms with Crippen LogP contribution in [-0.2, 0) is 11.0 Å². The number of benzene rings is 1. The average molecular weight is 376 g/mol. The molecule has 0 aliphatic rings. The zero-order valence-corrected chi connectivity index (χ0v) is 14.5. The Morgan fingerprint density at radius 1 is 1.29 bits per heavy atom. The SMILES string of the molecule is CCNc1nnc(S[C@@H](C)C(=O)Nc2ccc(C(F)(F)F)cc2)s1. The number of hydrogen-bond donors (Lipinski definition) is 2. The molecule has 0 saturated heterocycles. The molecule has 0 fully saturated rings. The van der Waals surface area contributed by atoms with Crippen molar-refractivity contribution in [2.45, 2.75) is 29.6 Å². The van der Waals surface area contributed by atoms with Crippen molar-refractivity contribution in [1.82, 2.24) is 10.2 Å². The van der Waals surface area contributed by atoms with Crippen molar-refractivity contribution < 1.29 is 18.0 Å². The number of aromatic nitrogens is 2. The predicted octanol–water partition coefficient (Wildman–Crippen LogP) is 4.11. The van der Waals surface area contributed by atoms with Crippen LogP contribution in [0.5, 0.6) is 0 Å². The van der Waals surface area contributed by atoms with Gasteiger partial charge in [-0.25, -0.2) is 0 Å². The summed E-state index contributed by atoms with van der Waals surface area (Å²) >= 11 is 2.58. The lowest BCUT2D eigenvalue weighted by molar-refractivity contribution is -0.137. The Kier molecular flexibility index (Phi) is 6.05. The highest BCUT2D eigenvalue weighted by atomic mass is 32.2. The maximum absolute atomic E-state index is 12.5. The van der Waals surface area contributed by atoms with E-state index in [2.05, 4.69) is 20.8 Å². The van der Waals surface area contributed by atoms with Gasteiger partial charge in [0, 0.05) is 12.2 Å². The zero-order chi connectivity index (χ0) is 17.7. The van der Waals surface area contributed by atoms with Gasteiger partial charge in [-0.2, -0.15) is 13.2 Å². The smallest absolute Gasteiger partial charge is 0.360 e. The summed E-state index contributed by atoms with van der Waals surface area (Å²) in [6, 6.07) is 4.32. The lowest BCUT2D eigenvalue weighted by atomic mass is 10.2. The fourth-order valence-electron chi connectivity index (χ4n) is 1.67. The van der Waals surface area contributed by atoms with Crippen LogP contribution in [0, 0.1) is 0 Å². The number of anilines is 2. The number of alkyl halides is 3. The zero-order valence-electron chi connectivity index (χ0n) is 12.8. The minimum atomic E-state index is -4.40. The first kappa shape index (κ1) is 18.5. The number of halogens is 3. The monoisotopic (exact) mass is 376 g/mol. The number of rotatable bonds is 6. The molecule has 1 aromatic heterocycles. The second-order valence-electron chi connectivity index (χ2n) is 4.73. The van der Waals surface area contributed by atoms with Gasteiger partial charge in [-0.3, -0.25) is 4.79 Å². The molecule has 0 radical (unpaired) electrons. The lowest BCUT2D eigenvalue weighted by Crippen LogP contribution is -2.22. The Morgan fingerprint density at radius 3 is 2.54 bits per heavy atom. The molecule has 130 valence electrons. The maximum Gasteiger partial charge on any atom is 0.416 e. The summed E-state index contributed by atoms with van der Waals surface area (Å²) in [6.45, 7) is 4.36. The van der Waals surface area contributed by atoms with Crippen molar-refractivity contribution in [1.29, 1.82) is 0 Å². The number of amides is 1. The summed E-state index contributed by atoms with van der Waals surface area (Å²) in [4.78, 5) is 12.1. The van der Waals surface area contributed by atoms with E-state index < -0.39 is 17.0 Å². The van der Waals surface area contributed by atoms with Gasteiger partial charge in [0.2, 0.25) is 11.0 Å². The number of hydrogen-bond acceptors (Lipinski definition) is 6. The summed E-state index contributed by atoms with van der Waals surface area (Å²) in [6.07, 6.45) is -4.40. The first-order valence-electron chi connectivity index (χ1n) is 7.01. The van der Waals surface area contributed by atoms with Gasteiger partial charge in [0.1, 0.15) is 0 Å². The van der Waals surface area contributed by atoms with Gasteiger partial charge in [0.25, 0.3) is 0 Å². The number of nitrogens with one attached hydrogen (secondary N) is 2. The standard InChI is InChI=1S/C14H15F3N4OS2/c1-3-18-12-20-21-13(24-12)23-8(2)11(22)19-10-6-4-9(5-7-10)14(15,16)17/h4-8H,3H2,1-2H3,(H,18,20)(H,19,22)/t8-/m0/s1. The summed E-state index contributed by atoms with van der Waals surface area (Å²) in [5.41, 5.74) is -0.446. The van der Waals surface area contributed by atoms with Crippen LogP contribution in [0.3, 0.4) is 0 Å². The second-order valence-corrected chi connectivity index (χ2v) is 7.29. The third-order valence-corrected chi connectivity index (χ3v) is 4.93. The third kappa shape index (κ3) is 5.10. The summed E-state index contributed by atoms with van der Waals surface area (Å²) in [5.74, 6) is -0.319. The number of carbonyl (C=O) groups is 1. The Balaban J connectivity index is 1.93. The normalized spacial score (nSPS) is 12.7. The van der Waals surface area contributed by atoms with Gasteiger partial charge in [0.15, 0.2) is 4.34 Å².